The van der Waals surface area contributed by atoms with E-state index in [1.807, 2.05) is 12.1 Å². The number of hydrogen-bond acceptors (Lipinski definition) is 5. The molecule has 0 heterocycles. The van der Waals surface area contributed by atoms with Crippen LogP contribution in [0.3, 0.4) is 0 Å². The molecule has 0 radical (unpaired) electrons. The van der Waals surface area contributed by atoms with E-state index in [0.717, 1.165) is 39.1 Å². The van der Waals surface area contributed by atoms with Crippen LogP contribution in [0.5, 0.6) is 5.75 Å². The minimum atomic E-state index is -4.08. The van der Waals surface area contributed by atoms with Crippen molar-refractivity contribution < 1.29 is 22.7 Å². The first-order valence-corrected chi connectivity index (χ1v) is 15.8. The molecule has 8 nitrogen and oxygen atoms in total. The molecule has 1 unspecified atom stereocenters. The van der Waals surface area contributed by atoms with E-state index in [-0.39, 0.29) is 23.4 Å². The first-order valence-electron chi connectivity index (χ1n) is 13.2. The van der Waals surface area contributed by atoms with Crippen molar-refractivity contribution in [3.05, 3.63) is 88.0 Å². The van der Waals surface area contributed by atoms with Crippen LogP contribution in [0.4, 0.5) is 5.69 Å². The van der Waals surface area contributed by atoms with Gasteiger partial charge in [0.05, 0.1) is 17.7 Å². The van der Waals surface area contributed by atoms with Gasteiger partial charge in [-0.25, -0.2) is 8.42 Å². The van der Waals surface area contributed by atoms with Gasteiger partial charge < -0.3 is 15.0 Å². The molecule has 1 N–H and O–H groups in total. The van der Waals surface area contributed by atoms with E-state index in [0.29, 0.717) is 11.4 Å². The Kier molecular flexibility index (Phi) is 10.1. The monoisotopic (exact) mass is 675 g/mol. The second-order valence-corrected chi connectivity index (χ2v) is 12.9. The smallest absolute Gasteiger partial charge is 0.264 e. The average Bonchev–Trinajstić information content (AvgIpc) is 3.48. The Hall–Kier alpha value is -3.12. The summed E-state index contributed by atoms with van der Waals surface area (Å²) < 4.78 is 34.9. The zero-order chi connectivity index (χ0) is 28.7. The van der Waals surface area contributed by atoms with Gasteiger partial charge in [-0.05, 0) is 96.5 Å². The van der Waals surface area contributed by atoms with Crippen molar-refractivity contribution in [2.75, 3.05) is 18.0 Å². The number of carbonyl (C=O) groups excluding carboxylic acids is 2. The minimum absolute atomic E-state index is 0.0788. The molecule has 0 saturated heterocycles. The van der Waals surface area contributed by atoms with Crippen LogP contribution in [0.2, 0.25) is 0 Å². The number of nitrogens with zero attached hydrogens (tertiary/aromatic N) is 2. The molecule has 40 heavy (non-hydrogen) atoms. The normalized spacial score (nSPS) is 14.4. The zero-order valence-corrected chi connectivity index (χ0v) is 25.6. The van der Waals surface area contributed by atoms with Crippen LogP contribution >= 0.6 is 22.6 Å². The largest absolute Gasteiger partial charge is 0.497 e. The van der Waals surface area contributed by atoms with E-state index in [4.69, 9.17) is 4.74 Å². The Morgan fingerprint density at radius 1 is 0.975 bits per heavy atom. The molecule has 0 spiro atoms. The lowest BCUT2D eigenvalue weighted by Crippen LogP contribution is -2.52. The van der Waals surface area contributed by atoms with E-state index in [1.54, 1.807) is 68.6 Å². The van der Waals surface area contributed by atoms with Crippen molar-refractivity contribution in [3.63, 3.8) is 0 Å². The van der Waals surface area contributed by atoms with Gasteiger partial charge in [0, 0.05) is 16.2 Å². The molecule has 3 aromatic carbocycles. The second-order valence-electron chi connectivity index (χ2n) is 9.84. The highest BCUT2D eigenvalue weighted by Crippen LogP contribution is 2.26. The number of rotatable bonds is 11. The second kappa shape index (κ2) is 13.5. The van der Waals surface area contributed by atoms with Crippen LogP contribution in [0, 0.1) is 3.57 Å². The molecule has 1 atom stereocenters. The molecule has 0 aromatic heterocycles. The summed E-state index contributed by atoms with van der Waals surface area (Å²) in [5.41, 5.74) is 1.16. The molecule has 1 aliphatic rings. The number of amides is 2. The van der Waals surface area contributed by atoms with E-state index < -0.39 is 28.5 Å². The van der Waals surface area contributed by atoms with Gasteiger partial charge in [0.25, 0.3) is 10.0 Å². The van der Waals surface area contributed by atoms with Gasteiger partial charge in [0.1, 0.15) is 18.3 Å². The van der Waals surface area contributed by atoms with Crippen LogP contribution in [0.1, 0.15) is 38.2 Å². The Labute approximate surface area is 249 Å². The van der Waals surface area contributed by atoms with Gasteiger partial charge in [-0.1, -0.05) is 43.2 Å². The fourth-order valence-electron chi connectivity index (χ4n) is 4.76. The molecule has 1 fully saturated rings. The molecule has 0 bridgehead atoms. The summed E-state index contributed by atoms with van der Waals surface area (Å²) in [5, 5.41) is 3.08. The van der Waals surface area contributed by atoms with Gasteiger partial charge >= 0.3 is 0 Å². The number of nitrogens with one attached hydrogen (secondary N) is 1. The summed E-state index contributed by atoms with van der Waals surface area (Å²) in [7, 11) is -2.50. The summed E-state index contributed by atoms with van der Waals surface area (Å²) in [6, 6.07) is 21.5. The van der Waals surface area contributed by atoms with Crippen molar-refractivity contribution in [3.8, 4) is 5.75 Å². The van der Waals surface area contributed by atoms with Crippen LogP contribution in [-0.4, -0.2) is 50.9 Å². The zero-order valence-electron chi connectivity index (χ0n) is 22.6. The maximum Gasteiger partial charge on any atom is 0.264 e. The van der Waals surface area contributed by atoms with Gasteiger partial charge in [-0.15, -0.1) is 0 Å². The topological polar surface area (TPSA) is 96.0 Å². The van der Waals surface area contributed by atoms with Crippen molar-refractivity contribution in [1.82, 2.24) is 10.2 Å². The molecule has 2 amide bonds. The minimum Gasteiger partial charge on any atom is -0.497 e. The predicted molar refractivity (Wildman–Crippen MR) is 164 cm³/mol. The Bertz CT molecular complexity index is 1390. The Balaban J connectivity index is 1.66. The maximum atomic E-state index is 14.0. The van der Waals surface area contributed by atoms with Crippen LogP contribution in [0.25, 0.3) is 0 Å². The maximum absolute atomic E-state index is 14.0. The van der Waals surface area contributed by atoms with E-state index in [9.17, 15) is 18.0 Å². The van der Waals surface area contributed by atoms with Crippen molar-refractivity contribution in [1.29, 1.82) is 0 Å². The lowest BCUT2D eigenvalue weighted by molar-refractivity contribution is -0.139. The number of benzene rings is 3. The fourth-order valence-corrected chi connectivity index (χ4v) is 6.55. The number of ether oxygens (including phenoxy) is 1. The van der Waals surface area contributed by atoms with E-state index in [1.165, 1.54) is 17.0 Å². The molecule has 3 aromatic rings. The van der Waals surface area contributed by atoms with Gasteiger partial charge in [-0.2, -0.15) is 0 Å². The van der Waals surface area contributed by atoms with Crippen LogP contribution in [0.15, 0.2) is 83.8 Å². The summed E-state index contributed by atoms with van der Waals surface area (Å²) in [6.07, 6.45) is 3.97. The third-order valence-electron chi connectivity index (χ3n) is 7.11. The lowest BCUT2D eigenvalue weighted by atomic mass is 10.1. The number of halogens is 1. The Morgan fingerprint density at radius 3 is 2.20 bits per heavy atom. The number of anilines is 1. The molecular formula is C30H34IN3O5S. The van der Waals surface area contributed by atoms with Crippen LogP contribution in [-0.2, 0) is 26.2 Å². The standard InChI is InChI=1S/C30H34IN3O5S/c1-22(30(36)32-25-8-6-7-9-25)33(20-23-12-18-27(39-2)19-13-23)29(35)21-34(26-16-14-24(31)15-17-26)40(37,38)28-10-4-3-5-11-28/h3-5,10-19,22,25H,6-9,20-21H2,1-2H3,(H,32,36). The first kappa shape index (κ1) is 29.9. The summed E-state index contributed by atoms with van der Waals surface area (Å²) in [6.45, 7) is 1.36. The van der Waals surface area contributed by atoms with E-state index >= 15 is 0 Å². The molecule has 212 valence electrons. The first-order chi connectivity index (χ1) is 19.2. The van der Waals surface area contributed by atoms with Crippen LogP contribution < -0.4 is 14.4 Å². The predicted octanol–water partition coefficient (Wildman–Crippen LogP) is 4.97. The van der Waals surface area contributed by atoms with Crippen molar-refractivity contribution >= 4 is 50.1 Å². The fraction of sp³-hybridized carbons (Fsp3) is 0.333. The quantitative estimate of drug-likeness (QED) is 0.290. The lowest BCUT2D eigenvalue weighted by Gasteiger charge is -2.32. The van der Waals surface area contributed by atoms with E-state index in [2.05, 4.69) is 27.9 Å². The average molecular weight is 676 g/mol. The van der Waals surface area contributed by atoms with Gasteiger partial charge in [-0.3, -0.25) is 13.9 Å². The number of hydrogen-bond donors (Lipinski definition) is 1. The third-order valence-corrected chi connectivity index (χ3v) is 9.61. The molecule has 10 heteroatoms. The van der Waals surface area contributed by atoms with Gasteiger partial charge in [0.15, 0.2) is 0 Å². The highest BCUT2D eigenvalue weighted by molar-refractivity contribution is 14.1. The highest BCUT2D eigenvalue weighted by atomic mass is 127. The molecule has 0 aliphatic heterocycles. The van der Waals surface area contributed by atoms with Crippen molar-refractivity contribution in [2.24, 2.45) is 0 Å². The van der Waals surface area contributed by atoms with Gasteiger partial charge in [0.2, 0.25) is 11.8 Å². The highest BCUT2D eigenvalue weighted by Gasteiger charge is 2.33. The number of methoxy groups -OCH3 is 1. The number of sulfonamides is 1. The molecule has 1 aliphatic carbocycles. The molecule has 1 saturated carbocycles. The molecular weight excluding hydrogens is 641 g/mol. The summed E-state index contributed by atoms with van der Waals surface area (Å²) >= 11 is 2.15. The Morgan fingerprint density at radius 2 is 1.60 bits per heavy atom. The van der Waals surface area contributed by atoms with Crippen molar-refractivity contribution in [2.45, 2.75) is 56.1 Å². The third kappa shape index (κ3) is 7.34. The SMILES string of the molecule is COc1ccc(CN(C(=O)CN(c2ccc(I)cc2)S(=O)(=O)c2ccccc2)C(C)C(=O)NC2CCCC2)cc1. The molecule has 4 rings (SSSR count). The summed E-state index contributed by atoms with van der Waals surface area (Å²) in [5.74, 6) is -0.0593. The summed E-state index contributed by atoms with van der Waals surface area (Å²) in [4.78, 5) is 28.8. The number of carbonyl (C=O) groups is 2.